The van der Waals surface area contributed by atoms with Gasteiger partial charge in [-0.1, -0.05) is 68.4 Å². The number of rotatable bonds is 7. The minimum Gasteiger partial charge on any atom is -0.493 e. The summed E-state index contributed by atoms with van der Waals surface area (Å²) in [6, 6.07) is 24.1. The van der Waals surface area contributed by atoms with Crippen LogP contribution in [0.4, 0.5) is 0 Å². The molecule has 0 unspecified atom stereocenters. The molecule has 0 saturated carbocycles. The van der Waals surface area contributed by atoms with Gasteiger partial charge in [-0.15, -0.1) is 0 Å². The number of carbonyl (C=O) groups excluding carboxylic acids is 2. The van der Waals surface area contributed by atoms with Crippen molar-refractivity contribution < 1.29 is 14.3 Å². The molecule has 0 heterocycles. The first kappa shape index (κ1) is 21.1. The Morgan fingerprint density at radius 3 is 2.07 bits per heavy atom. The summed E-state index contributed by atoms with van der Waals surface area (Å²) in [7, 11) is 0. The van der Waals surface area contributed by atoms with Gasteiger partial charge < -0.3 is 4.74 Å². The van der Waals surface area contributed by atoms with Gasteiger partial charge in [0.2, 0.25) is 0 Å². The Labute approximate surface area is 177 Å². The monoisotopic (exact) mass is 402 g/mol. The zero-order valence-electron chi connectivity index (χ0n) is 17.2. The minimum absolute atomic E-state index is 0.376. The van der Waals surface area contributed by atoms with E-state index >= 15 is 0 Å². The maximum Gasteiger partial charge on any atom is 0.273 e. The van der Waals surface area contributed by atoms with E-state index < -0.39 is 5.91 Å². The number of benzene rings is 3. The maximum atomic E-state index is 12.5. The Morgan fingerprint density at radius 1 is 0.767 bits per heavy atom. The van der Waals surface area contributed by atoms with Gasteiger partial charge in [0.05, 0.1) is 12.2 Å². The molecule has 0 atom stereocenters. The van der Waals surface area contributed by atoms with Gasteiger partial charge in [-0.2, -0.15) is 0 Å². The first-order valence-corrected chi connectivity index (χ1v) is 10.0. The number of ether oxygens (including phenoxy) is 1. The third-order valence-corrected chi connectivity index (χ3v) is 4.63. The van der Waals surface area contributed by atoms with Gasteiger partial charge >= 0.3 is 0 Å². The molecule has 0 spiro atoms. The van der Waals surface area contributed by atoms with Gasteiger partial charge in [0.15, 0.2) is 0 Å². The zero-order valence-corrected chi connectivity index (χ0v) is 17.2. The summed E-state index contributed by atoms with van der Waals surface area (Å²) >= 11 is 0. The molecule has 3 aromatic rings. The minimum atomic E-state index is -0.426. The summed E-state index contributed by atoms with van der Waals surface area (Å²) < 4.78 is 5.74. The van der Waals surface area contributed by atoms with Crippen molar-refractivity contribution in [1.82, 2.24) is 10.9 Å². The highest BCUT2D eigenvalue weighted by Crippen LogP contribution is 2.20. The lowest BCUT2D eigenvalue weighted by Gasteiger charge is -2.13. The number of hydrogen-bond acceptors (Lipinski definition) is 3. The van der Waals surface area contributed by atoms with Crippen LogP contribution in [0, 0.1) is 5.92 Å². The first-order chi connectivity index (χ1) is 14.5. The van der Waals surface area contributed by atoms with E-state index in [4.69, 9.17) is 4.74 Å². The number of para-hydroxylation sites is 1. The highest BCUT2D eigenvalue weighted by molar-refractivity contribution is 6.00. The lowest BCUT2D eigenvalue weighted by molar-refractivity contribution is 0.0844. The maximum absolute atomic E-state index is 12.5. The molecule has 0 bridgehead atoms. The summed E-state index contributed by atoms with van der Waals surface area (Å²) in [4.78, 5) is 24.9. The Hall–Kier alpha value is -3.60. The molecule has 0 saturated heterocycles. The Kier molecular flexibility index (Phi) is 7.22. The van der Waals surface area contributed by atoms with E-state index in [1.807, 2.05) is 48.5 Å². The SMILES string of the molecule is CC(C)CCOc1ccccc1C(=O)NNC(=O)c1ccc(-c2ccccc2)cc1. The standard InChI is InChI=1S/C25H26N2O3/c1-18(2)16-17-30-23-11-7-6-10-22(23)25(29)27-26-24(28)21-14-12-20(13-15-21)19-8-4-3-5-9-19/h3-15,18H,16-17H2,1-2H3,(H,26,28)(H,27,29). The fourth-order valence-corrected chi connectivity index (χ4v) is 2.88. The van der Waals surface area contributed by atoms with Gasteiger partial charge in [-0.05, 0) is 47.7 Å². The normalized spacial score (nSPS) is 10.5. The average Bonchev–Trinajstić information content (AvgIpc) is 2.78. The fraction of sp³-hybridized carbons (Fsp3) is 0.200. The molecular formula is C25H26N2O3. The predicted octanol–water partition coefficient (Wildman–Crippen LogP) is 4.85. The summed E-state index contributed by atoms with van der Waals surface area (Å²) in [6.07, 6.45) is 0.895. The fourth-order valence-electron chi connectivity index (χ4n) is 2.88. The third-order valence-electron chi connectivity index (χ3n) is 4.63. The average molecular weight is 402 g/mol. The van der Waals surface area contributed by atoms with Gasteiger partial charge in [-0.3, -0.25) is 20.4 Å². The van der Waals surface area contributed by atoms with Crippen molar-refractivity contribution in [2.24, 2.45) is 5.92 Å². The van der Waals surface area contributed by atoms with Crippen LogP contribution in [0.15, 0.2) is 78.9 Å². The topological polar surface area (TPSA) is 67.4 Å². The van der Waals surface area contributed by atoms with E-state index in [1.165, 1.54) is 0 Å². The van der Waals surface area contributed by atoms with Crippen LogP contribution in [0.25, 0.3) is 11.1 Å². The molecule has 5 nitrogen and oxygen atoms in total. The molecule has 5 heteroatoms. The third kappa shape index (κ3) is 5.70. The lowest BCUT2D eigenvalue weighted by atomic mass is 10.0. The van der Waals surface area contributed by atoms with E-state index in [9.17, 15) is 9.59 Å². The second-order valence-electron chi connectivity index (χ2n) is 7.38. The number of hydrogen-bond donors (Lipinski definition) is 2. The molecule has 30 heavy (non-hydrogen) atoms. The van der Waals surface area contributed by atoms with Crippen molar-refractivity contribution >= 4 is 11.8 Å². The van der Waals surface area contributed by atoms with E-state index in [0.29, 0.717) is 29.4 Å². The Bertz CT molecular complexity index is 983. The largest absolute Gasteiger partial charge is 0.493 e. The van der Waals surface area contributed by atoms with Crippen molar-refractivity contribution in [3.63, 3.8) is 0 Å². The molecule has 0 aliphatic heterocycles. The van der Waals surface area contributed by atoms with Crippen LogP contribution < -0.4 is 15.6 Å². The number of amides is 2. The van der Waals surface area contributed by atoms with Crippen molar-refractivity contribution in [2.45, 2.75) is 20.3 Å². The quantitative estimate of drug-likeness (QED) is 0.555. The number of nitrogens with one attached hydrogen (secondary N) is 2. The zero-order chi connectivity index (χ0) is 21.3. The van der Waals surface area contributed by atoms with Crippen molar-refractivity contribution in [1.29, 1.82) is 0 Å². The van der Waals surface area contributed by atoms with Crippen molar-refractivity contribution in [3.8, 4) is 16.9 Å². The van der Waals surface area contributed by atoms with E-state index in [0.717, 1.165) is 17.5 Å². The van der Waals surface area contributed by atoms with Crippen LogP contribution >= 0.6 is 0 Å². The second-order valence-corrected chi connectivity index (χ2v) is 7.38. The lowest BCUT2D eigenvalue weighted by Crippen LogP contribution is -2.41. The molecule has 154 valence electrons. The smallest absolute Gasteiger partial charge is 0.273 e. The van der Waals surface area contributed by atoms with Crippen LogP contribution in [0.1, 0.15) is 41.0 Å². The molecule has 3 rings (SSSR count). The van der Waals surface area contributed by atoms with Crippen LogP contribution in [-0.2, 0) is 0 Å². The summed E-state index contributed by atoms with van der Waals surface area (Å²) in [6.45, 7) is 4.76. The van der Waals surface area contributed by atoms with Crippen LogP contribution in [0.3, 0.4) is 0 Å². The molecule has 0 aliphatic rings. The molecule has 0 aromatic heterocycles. The molecule has 2 amide bonds. The highest BCUT2D eigenvalue weighted by Gasteiger charge is 2.14. The van der Waals surface area contributed by atoms with Crippen molar-refractivity contribution in [3.05, 3.63) is 90.0 Å². The second kappa shape index (κ2) is 10.3. The summed E-state index contributed by atoms with van der Waals surface area (Å²) in [5.41, 5.74) is 7.85. The van der Waals surface area contributed by atoms with E-state index in [2.05, 4.69) is 24.7 Å². The predicted molar refractivity (Wildman–Crippen MR) is 118 cm³/mol. The number of hydrazine groups is 1. The molecule has 2 N–H and O–H groups in total. The molecule has 0 aliphatic carbocycles. The van der Waals surface area contributed by atoms with E-state index in [1.54, 1.807) is 30.3 Å². The summed E-state index contributed by atoms with van der Waals surface area (Å²) in [5, 5.41) is 0. The highest BCUT2D eigenvalue weighted by atomic mass is 16.5. The Morgan fingerprint density at radius 2 is 1.37 bits per heavy atom. The molecular weight excluding hydrogens is 376 g/mol. The Balaban J connectivity index is 1.59. The molecule has 0 fully saturated rings. The summed E-state index contributed by atoms with van der Waals surface area (Å²) in [5.74, 6) is 0.196. The van der Waals surface area contributed by atoms with Crippen LogP contribution in [-0.4, -0.2) is 18.4 Å². The first-order valence-electron chi connectivity index (χ1n) is 10.0. The van der Waals surface area contributed by atoms with Gasteiger partial charge in [0.1, 0.15) is 5.75 Å². The van der Waals surface area contributed by atoms with Gasteiger partial charge in [-0.25, -0.2) is 0 Å². The van der Waals surface area contributed by atoms with Gasteiger partial charge in [0, 0.05) is 5.56 Å². The molecule has 3 aromatic carbocycles. The van der Waals surface area contributed by atoms with Crippen molar-refractivity contribution in [2.75, 3.05) is 6.61 Å². The van der Waals surface area contributed by atoms with E-state index in [-0.39, 0.29) is 5.91 Å². The van der Waals surface area contributed by atoms with Crippen LogP contribution in [0.5, 0.6) is 5.75 Å². The molecule has 0 radical (unpaired) electrons. The van der Waals surface area contributed by atoms with Crippen LogP contribution in [0.2, 0.25) is 0 Å². The van der Waals surface area contributed by atoms with Gasteiger partial charge in [0.25, 0.3) is 11.8 Å². The number of carbonyl (C=O) groups is 2.